The zero-order valence-electron chi connectivity index (χ0n) is 18.9. The highest BCUT2D eigenvalue weighted by Crippen LogP contribution is 2.28. The fourth-order valence-corrected chi connectivity index (χ4v) is 4.28. The minimum atomic E-state index is -0.476. The first-order valence-corrected chi connectivity index (χ1v) is 10.7. The Kier molecular flexibility index (Phi) is 5.43. The van der Waals surface area contributed by atoms with E-state index >= 15 is 0 Å². The molecule has 0 aliphatic carbocycles. The molecule has 1 saturated heterocycles. The average Bonchev–Trinajstić information content (AvgIpc) is 3.32. The van der Waals surface area contributed by atoms with Gasteiger partial charge in [-0.25, -0.2) is 4.98 Å². The van der Waals surface area contributed by atoms with Gasteiger partial charge in [-0.2, -0.15) is 15.0 Å². The fourth-order valence-electron chi connectivity index (χ4n) is 4.28. The van der Waals surface area contributed by atoms with Gasteiger partial charge in [0.2, 0.25) is 11.8 Å². The highest BCUT2D eigenvalue weighted by Gasteiger charge is 2.36. The molecule has 1 aliphatic heterocycles. The van der Waals surface area contributed by atoms with Crippen LogP contribution in [-0.2, 0) is 9.59 Å². The number of nitrogens with zero attached hydrogens (tertiary/aromatic N) is 5. The van der Waals surface area contributed by atoms with Crippen LogP contribution in [0.25, 0.3) is 16.7 Å². The van der Waals surface area contributed by atoms with Crippen molar-refractivity contribution in [1.82, 2.24) is 19.7 Å². The number of pyridine rings is 1. The number of rotatable bonds is 4. The van der Waals surface area contributed by atoms with E-state index < -0.39 is 5.92 Å². The minimum absolute atomic E-state index is 0.0354. The number of amides is 2. The number of carbonyl (C=O) groups excluding carboxylic acids is 2. The van der Waals surface area contributed by atoms with Gasteiger partial charge in [0.05, 0.1) is 17.6 Å². The zero-order valence-corrected chi connectivity index (χ0v) is 18.9. The van der Waals surface area contributed by atoms with E-state index in [4.69, 9.17) is 4.98 Å². The van der Waals surface area contributed by atoms with Crippen LogP contribution in [0.4, 0.5) is 5.82 Å². The van der Waals surface area contributed by atoms with Crippen molar-refractivity contribution in [3.05, 3.63) is 46.6 Å². The Bertz CT molecular complexity index is 1280. The predicted molar refractivity (Wildman–Crippen MR) is 121 cm³/mol. The Hall–Kier alpha value is -3.73. The molecule has 4 rings (SSSR count). The Morgan fingerprint density at radius 3 is 2.62 bits per heavy atom. The van der Waals surface area contributed by atoms with Crippen LogP contribution in [0, 0.1) is 38.0 Å². The maximum Gasteiger partial charge on any atom is 0.230 e. The molecule has 164 valence electrons. The molecule has 1 aliphatic rings. The Labute approximate surface area is 186 Å². The first kappa shape index (κ1) is 21.5. The number of hydrogen-bond donors (Lipinski definition) is 1. The summed E-state index contributed by atoms with van der Waals surface area (Å²) in [6.45, 7) is 10.3. The van der Waals surface area contributed by atoms with E-state index in [2.05, 4.69) is 28.6 Å². The normalized spacial score (nSPS) is 16.1. The molecule has 3 aromatic rings. The van der Waals surface area contributed by atoms with E-state index in [-0.39, 0.29) is 35.7 Å². The fraction of sp³-hybridized carbons (Fsp3) is 0.375. The lowest BCUT2D eigenvalue weighted by Crippen LogP contribution is -2.33. The van der Waals surface area contributed by atoms with E-state index in [0.29, 0.717) is 12.4 Å². The highest BCUT2D eigenvalue weighted by atomic mass is 16.2. The number of aromatic nitrogens is 3. The highest BCUT2D eigenvalue weighted by molar-refractivity contribution is 5.97. The van der Waals surface area contributed by atoms with Crippen LogP contribution in [0.1, 0.15) is 42.5 Å². The number of carbonyl (C=O) groups is 2. The van der Waals surface area contributed by atoms with Crippen LogP contribution in [0.3, 0.4) is 0 Å². The van der Waals surface area contributed by atoms with Gasteiger partial charge in [-0.05, 0) is 57.9 Å². The summed E-state index contributed by atoms with van der Waals surface area (Å²) in [5.74, 6) is -0.0267. The first-order valence-electron chi connectivity index (χ1n) is 10.7. The summed E-state index contributed by atoms with van der Waals surface area (Å²) in [6.07, 6.45) is 1.57. The van der Waals surface area contributed by atoms with Crippen molar-refractivity contribution in [3.8, 4) is 11.9 Å². The molecule has 1 aromatic carbocycles. The molecule has 0 saturated carbocycles. The largest absolute Gasteiger partial charge is 0.339 e. The lowest BCUT2D eigenvalue weighted by molar-refractivity contribution is -0.129. The van der Waals surface area contributed by atoms with Crippen molar-refractivity contribution in [1.29, 1.82) is 5.26 Å². The van der Waals surface area contributed by atoms with Gasteiger partial charge >= 0.3 is 0 Å². The smallest absolute Gasteiger partial charge is 0.230 e. The molecule has 1 atom stereocenters. The Morgan fingerprint density at radius 2 is 1.97 bits per heavy atom. The third-order valence-corrected chi connectivity index (χ3v) is 5.94. The third kappa shape index (κ3) is 3.71. The van der Waals surface area contributed by atoms with Crippen LogP contribution in [0.5, 0.6) is 0 Å². The maximum atomic E-state index is 13.0. The zero-order chi connectivity index (χ0) is 23.2. The monoisotopic (exact) mass is 430 g/mol. The number of anilines is 1. The second-order valence-corrected chi connectivity index (χ2v) is 8.74. The summed E-state index contributed by atoms with van der Waals surface area (Å²) in [7, 11) is 0. The molecule has 0 bridgehead atoms. The van der Waals surface area contributed by atoms with Gasteiger partial charge in [0.15, 0.2) is 11.6 Å². The number of likely N-dealkylation sites (tertiary alicyclic amines) is 1. The molecular weight excluding hydrogens is 404 g/mol. The molecule has 1 N–H and O–H groups in total. The second-order valence-electron chi connectivity index (χ2n) is 8.74. The number of benzene rings is 1. The van der Waals surface area contributed by atoms with E-state index in [1.54, 1.807) is 4.90 Å². The van der Waals surface area contributed by atoms with Crippen molar-refractivity contribution >= 4 is 28.5 Å². The lowest BCUT2D eigenvalue weighted by Gasteiger charge is -2.20. The van der Waals surface area contributed by atoms with Crippen molar-refractivity contribution in [3.63, 3.8) is 0 Å². The van der Waals surface area contributed by atoms with E-state index in [1.165, 1.54) is 10.9 Å². The molecular formula is C24H26N6O2. The van der Waals surface area contributed by atoms with Crippen LogP contribution in [0.15, 0.2) is 24.4 Å². The van der Waals surface area contributed by atoms with E-state index in [0.717, 1.165) is 27.6 Å². The number of nitrogens with one attached hydrogen (secondary N) is 1. The molecule has 8 heteroatoms. The molecule has 8 nitrogen and oxygen atoms in total. The van der Waals surface area contributed by atoms with Crippen LogP contribution >= 0.6 is 0 Å². The molecule has 2 amide bonds. The minimum Gasteiger partial charge on any atom is -0.339 e. The Balaban J connectivity index is 1.71. The molecule has 1 fully saturated rings. The summed E-state index contributed by atoms with van der Waals surface area (Å²) in [4.78, 5) is 31.7. The third-order valence-electron chi connectivity index (χ3n) is 5.94. The molecule has 2 aromatic heterocycles. The number of fused-ring (bicyclic) bond motifs is 1. The van der Waals surface area contributed by atoms with Crippen LogP contribution in [0.2, 0.25) is 0 Å². The van der Waals surface area contributed by atoms with Gasteiger partial charge in [-0.1, -0.05) is 11.6 Å². The summed E-state index contributed by atoms with van der Waals surface area (Å²) < 4.78 is 1.49. The van der Waals surface area contributed by atoms with Gasteiger partial charge in [-0.3, -0.25) is 9.59 Å². The van der Waals surface area contributed by atoms with Gasteiger partial charge in [0, 0.05) is 24.4 Å². The summed E-state index contributed by atoms with van der Waals surface area (Å²) in [5, 5.41) is 17.8. The molecule has 1 unspecified atom stereocenters. The standard InChI is InChI=1S/C24H26N6O2/c1-13(2)29-12-17(9-21(29)31)24(32)28-23-18(10-25)11-26-30(23)20-8-15(4)19-7-14(3)6-16(5)22(19)27-20/h6-8,11,13,17H,9,12H2,1-5H3,(H,28,32). The lowest BCUT2D eigenvalue weighted by atomic mass is 10.0. The quantitative estimate of drug-likeness (QED) is 0.683. The summed E-state index contributed by atoms with van der Waals surface area (Å²) in [6, 6.07) is 8.19. The van der Waals surface area contributed by atoms with Crippen LogP contribution in [-0.4, -0.2) is 44.1 Å². The Morgan fingerprint density at radius 1 is 1.22 bits per heavy atom. The summed E-state index contributed by atoms with van der Waals surface area (Å²) in [5.41, 5.74) is 4.32. The van der Waals surface area contributed by atoms with Crippen LogP contribution < -0.4 is 5.32 Å². The van der Waals surface area contributed by atoms with Crippen molar-refractivity contribution in [2.75, 3.05) is 11.9 Å². The number of aryl methyl sites for hydroxylation is 3. The molecule has 0 spiro atoms. The molecule has 0 radical (unpaired) electrons. The van der Waals surface area contributed by atoms with Crippen molar-refractivity contribution in [2.45, 2.75) is 47.1 Å². The van der Waals surface area contributed by atoms with Crippen molar-refractivity contribution in [2.24, 2.45) is 5.92 Å². The van der Waals surface area contributed by atoms with Crippen molar-refractivity contribution < 1.29 is 9.59 Å². The molecule has 32 heavy (non-hydrogen) atoms. The van der Waals surface area contributed by atoms with Gasteiger partial charge < -0.3 is 10.2 Å². The number of nitriles is 1. The number of hydrogen-bond acceptors (Lipinski definition) is 5. The predicted octanol–water partition coefficient (Wildman–Crippen LogP) is 3.41. The summed E-state index contributed by atoms with van der Waals surface area (Å²) >= 11 is 0. The van der Waals surface area contributed by atoms with Gasteiger partial charge in [0.1, 0.15) is 11.6 Å². The van der Waals surface area contributed by atoms with E-state index in [9.17, 15) is 14.9 Å². The SMILES string of the molecule is Cc1cc(C)c2nc(-n3ncc(C#N)c3NC(=O)C3CC(=O)N(C(C)C)C3)cc(C)c2c1. The average molecular weight is 431 g/mol. The second kappa shape index (κ2) is 8.08. The topological polar surface area (TPSA) is 104 Å². The van der Waals surface area contributed by atoms with Gasteiger partial charge in [-0.15, -0.1) is 0 Å². The maximum absolute atomic E-state index is 13.0. The van der Waals surface area contributed by atoms with Gasteiger partial charge in [0.25, 0.3) is 0 Å². The molecule has 3 heterocycles. The van der Waals surface area contributed by atoms with E-state index in [1.807, 2.05) is 40.7 Å². The first-order chi connectivity index (χ1) is 15.2.